The molecule has 2 aromatic carbocycles. The van der Waals surface area contributed by atoms with Gasteiger partial charge in [0.25, 0.3) is 0 Å². The van der Waals surface area contributed by atoms with Crippen LogP contribution in [0.3, 0.4) is 0 Å². The number of anilines is 1. The Kier molecular flexibility index (Phi) is 6.43. The Bertz CT molecular complexity index is 1200. The molecule has 1 aliphatic carbocycles. The van der Waals surface area contributed by atoms with Crippen LogP contribution in [-0.4, -0.2) is 59.1 Å². The Labute approximate surface area is 213 Å². The molecule has 1 spiro atoms. The Balaban J connectivity index is 1.51. The van der Waals surface area contributed by atoms with Crippen molar-refractivity contribution in [2.24, 2.45) is 0 Å². The maximum Gasteiger partial charge on any atom is 0.325 e. The molecule has 7 heteroatoms. The molecule has 1 saturated carbocycles. The van der Waals surface area contributed by atoms with Gasteiger partial charge >= 0.3 is 6.03 Å². The van der Waals surface area contributed by atoms with E-state index in [4.69, 9.17) is 4.74 Å². The number of urea groups is 1. The maximum atomic E-state index is 14.0. The molecule has 2 amide bonds. The molecule has 7 nitrogen and oxygen atoms in total. The van der Waals surface area contributed by atoms with Gasteiger partial charge < -0.3 is 9.64 Å². The van der Waals surface area contributed by atoms with Crippen molar-refractivity contribution in [1.82, 2.24) is 19.8 Å². The normalized spacial score (nSPS) is 24.1. The smallest absolute Gasteiger partial charge is 0.325 e. The number of hydrogen-bond acceptors (Lipinski definition) is 5. The van der Waals surface area contributed by atoms with E-state index >= 15 is 0 Å². The van der Waals surface area contributed by atoms with Crippen LogP contribution < -0.4 is 9.64 Å². The molecule has 0 bridgehead atoms. The number of aryl methyl sites for hydroxylation is 1. The van der Waals surface area contributed by atoms with Crippen LogP contribution in [0, 0.1) is 6.92 Å². The molecule has 0 atom stereocenters. The van der Waals surface area contributed by atoms with Crippen LogP contribution >= 0.6 is 0 Å². The first-order valence-electron chi connectivity index (χ1n) is 12.6. The van der Waals surface area contributed by atoms with Gasteiger partial charge in [0.15, 0.2) is 0 Å². The number of para-hydroxylation sites is 1. The van der Waals surface area contributed by atoms with Gasteiger partial charge in [-0.3, -0.25) is 9.80 Å². The van der Waals surface area contributed by atoms with Crippen molar-refractivity contribution in [3.05, 3.63) is 83.9 Å². The number of amides is 2. The van der Waals surface area contributed by atoms with Gasteiger partial charge in [0, 0.05) is 11.1 Å². The second-order valence-electron chi connectivity index (χ2n) is 10.3. The van der Waals surface area contributed by atoms with Crippen molar-refractivity contribution in [2.45, 2.75) is 50.2 Å². The minimum atomic E-state index is -0.281. The van der Waals surface area contributed by atoms with Gasteiger partial charge in [-0.05, 0) is 58.3 Å². The molecule has 2 aliphatic rings. The largest absolute Gasteiger partial charge is 0.496 e. The van der Waals surface area contributed by atoms with Crippen LogP contribution in [0.2, 0.25) is 0 Å². The SMILES string of the molecule is COc1ccccc1CN1C(=O)N(c2cnc(C)nc2)C[C@]12CC[C@@](c1ccccc1)(N(C)C)CC2. The Morgan fingerprint density at radius 3 is 2.22 bits per heavy atom. The molecule has 1 aliphatic heterocycles. The highest BCUT2D eigenvalue weighted by atomic mass is 16.5. The fraction of sp³-hybridized carbons (Fsp3) is 0.414. The number of nitrogens with zero attached hydrogens (tertiary/aromatic N) is 5. The topological polar surface area (TPSA) is 61.8 Å². The van der Waals surface area contributed by atoms with Crippen molar-refractivity contribution >= 4 is 11.7 Å². The Morgan fingerprint density at radius 2 is 1.58 bits per heavy atom. The predicted molar refractivity (Wildman–Crippen MR) is 141 cm³/mol. The third kappa shape index (κ3) is 4.11. The van der Waals surface area contributed by atoms with Crippen LogP contribution in [0.1, 0.15) is 42.6 Å². The van der Waals surface area contributed by atoms with Crippen molar-refractivity contribution < 1.29 is 9.53 Å². The summed E-state index contributed by atoms with van der Waals surface area (Å²) in [5.41, 5.74) is 2.78. The lowest BCUT2D eigenvalue weighted by atomic mass is 9.68. The average molecular weight is 486 g/mol. The van der Waals surface area contributed by atoms with Crippen LogP contribution in [0.4, 0.5) is 10.5 Å². The number of carbonyl (C=O) groups is 1. The molecular formula is C29H35N5O2. The average Bonchev–Trinajstić information content (AvgIpc) is 3.17. The third-order valence-electron chi connectivity index (χ3n) is 8.26. The van der Waals surface area contributed by atoms with Gasteiger partial charge in [0.2, 0.25) is 0 Å². The first kappa shape index (κ1) is 24.3. The summed E-state index contributed by atoms with van der Waals surface area (Å²) in [4.78, 5) is 29.0. The zero-order chi connectivity index (χ0) is 25.3. The molecule has 0 N–H and O–H groups in total. The van der Waals surface area contributed by atoms with Crippen LogP contribution in [0.15, 0.2) is 67.0 Å². The summed E-state index contributed by atoms with van der Waals surface area (Å²) in [6, 6.07) is 18.8. The van der Waals surface area contributed by atoms with E-state index in [0.29, 0.717) is 18.9 Å². The minimum Gasteiger partial charge on any atom is -0.496 e. The first-order valence-corrected chi connectivity index (χ1v) is 12.6. The Hall–Kier alpha value is -3.45. The summed E-state index contributed by atoms with van der Waals surface area (Å²) in [6.45, 7) is 2.99. The molecular weight excluding hydrogens is 450 g/mol. The summed E-state index contributed by atoms with van der Waals surface area (Å²) < 4.78 is 5.64. The first-order chi connectivity index (χ1) is 17.4. The molecule has 3 aromatic rings. The fourth-order valence-electron chi connectivity index (χ4n) is 6.06. The van der Waals surface area contributed by atoms with E-state index in [1.807, 2.05) is 36.1 Å². The highest BCUT2D eigenvalue weighted by Gasteiger charge is 2.55. The lowest BCUT2D eigenvalue weighted by Crippen LogP contribution is -2.55. The number of carbonyl (C=O) groups excluding carboxylic acids is 1. The molecule has 1 saturated heterocycles. The van der Waals surface area contributed by atoms with E-state index < -0.39 is 0 Å². The number of ether oxygens (including phenoxy) is 1. The van der Waals surface area contributed by atoms with E-state index in [0.717, 1.165) is 42.7 Å². The van der Waals surface area contributed by atoms with E-state index in [9.17, 15) is 4.79 Å². The molecule has 1 aromatic heterocycles. The molecule has 188 valence electrons. The Morgan fingerprint density at radius 1 is 0.944 bits per heavy atom. The van der Waals surface area contributed by atoms with E-state index in [2.05, 4.69) is 64.2 Å². The summed E-state index contributed by atoms with van der Waals surface area (Å²) in [7, 11) is 6.03. The van der Waals surface area contributed by atoms with Crippen molar-refractivity contribution in [1.29, 1.82) is 0 Å². The van der Waals surface area contributed by atoms with Crippen LogP contribution in [0.25, 0.3) is 0 Å². The quantitative estimate of drug-likeness (QED) is 0.491. The molecule has 2 fully saturated rings. The van der Waals surface area contributed by atoms with Crippen LogP contribution in [0.5, 0.6) is 5.75 Å². The highest BCUT2D eigenvalue weighted by molar-refractivity contribution is 5.95. The number of aromatic nitrogens is 2. The lowest BCUT2D eigenvalue weighted by molar-refractivity contribution is 0.0236. The molecule has 0 unspecified atom stereocenters. The molecule has 2 heterocycles. The fourth-order valence-corrected chi connectivity index (χ4v) is 6.06. The van der Waals surface area contributed by atoms with E-state index in [1.165, 1.54) is 5.56 Å². The van der Waals surface area contributed by atoms with Gasteiger partial charge in [-0.1, -0.05) is 48.5 Å². The van der Waals surface area contributed by atoms with Crippen molar-refractivity contribution in [2.75, 3.05) is 32.6 Å². The van der Waals surface area contributed by atoms with Gasteiger partial charge in [-0.2, -0.15) is 0 Å². The molecule has 0 radical (unpaired) electrons. The number of benzene rings is 2. The zero-order valence-electron chi connectivity index (χ0n) is 21.6. The third-order valence-corrected chi connectivity index (χ3v) is 8.26. The molecule has 36 heavy (non-hydrogen) atoms. The van der Waals surface area contributed by atoms with E-state index in [-0.39, 0.29) is 17.1 Å². The van der Waals surface area contributed by atoms with Crippen molar-refractivity contribution in [3.8, 4) is 5.75 Å². The zero-order valence-corrected chi connectivity index (χ0v) is 21.6. The predicted octanol–water partition coefficient (Wildman–Crippen LogP) is 5.01. The number of rotatable bonds is 6. The molecule has 5 rings (SSSR count). The van der Waals surface area contributed by atoms with Gasteiger partial charge in [0.1, 0.15) is 11.6 Å². The monoisotopic (exact) mass is 485 g/mol. The van der Waals surface area contributed by atoms with Gasteiger partial charge in [0.05, 0.1) is 43.8 Å². The maximum absolute atomic E-state index is 14.0. The summed E-state index contributed by atoms with van der Waals surface area (Å²) >= 11 is 0. The van der Waals surface area contributed by atoms with Gasteiger partial charge in [-0.25, -0.2) is 14.8 Å². The van der Waals surface area contributed by atoms with E-state index in [1.54, 1.807) is 19.5 Å². The lowest BCUT2D eigenvalue weighted by Gasteiger charge is -2.51. The summed E-state index contributed by atoms with van der Waals surface area (Å²) in [5, 5.41) is 0. The summed E-state index contributed by atoms with van der Waals surface area (Å²) in [6.07, 6.45) is 7.28. The second kappa shape index (κ2) is 9.54. The minimum absolute atomic E-state index is 0.00502. The van der Waals surface area contributed by atoms with Crippen molar-refractivity contribution in [3.63, 3.8) is 0 Å². The van der Waals surface area contributed by atoms with Gasteiger partial charge in [-0.15, -0.1) is 0 Å². The summed E-state index contributed by atoms with van der Waals surface area (Å²) in [5.74, 6) is 1.50. The number of methoxy groups -OCH3 is 1. The van der Waals surface area contributed by atoms with Crippen LogP contribution in [-0.2, 0) is 12.1 Å². The second-order valence-corrected chi connectivity index (χ2v) is 10.3. The number of hydrogen-bond donors (Lipinski definition) is 0. The highest BCUT2D eigenvalue weighted by Crippen LogP contribution is 2.50. The standard InChI is InChI=1S/C29H35N5O2/c1-22-30-18-25(19-31-22)33-21-28(34(27(33)35)20-23-10-8-9-13-26(23)36-4)14-16-29(17-15-28,32(2)3)24-11-6-5-7-12-24/h5-13,18-19H,14-17,20-21H2,1-4H3/t28-,29-.